The number of carbonyl (C=O) groups is 3. The molecule has 0 saturated carbocycles. The number of para-hydroxylation sites is 2. The molecule has 0 bridgehead atoms. The number of hydrogen-bond donors (Lipinski definition) is 2. The first-order valence-corrected chi connectivity index (χ1v) is 9.07. The van der Waals surface area contributed by atoms with E-state index in [9.17, 15) is 14.4 Å². The molecule has 1 aliphatic rings. The van der Waals surface area contributed by atoms with Gasteiger partial charge in [-0.25, -0.2) is 4.79 Å². The molecule has 2 aromatic rings. The number of carboxylic acid groups (broad SMARTS) is 1. The van der Waals surface area contributed by atoms with Gasteiger partial charge in [-0.15, -0.1) is 0 Å². The van der Waals surface area contributed by atoms with Crippen molar-refractivity contribution in [2.24, 2.45) is 5.92 Å². The third-order valence-electron chi connectivity index (χ3n) is 4.68. The van der Waals surface area contributed by atoms with Crippen LogP contribution in [0.1, 0.15) is 29.3 Å². The van der Waals surface area contributed by atoms with Gasteiger partial charge in [-0.05, 0) is 49.7 Å². The van der Waals surface area contributed by atoms with Crippen molar-refractivity contribution in [1.82, 2.24) is 0 Å². The van der Waals surface area contributed by atoms with Gasteiger partial charge >= 0.3 is 5.97 Å². The number of benzene rings is 2. The van der Waals surface area contributed by atoms with Crippen molar-refractivity contribution in [2.45, 2.75) is 20.3 Å². The maximum Gasteiger partial charge on any atom is 0.335 e. The Morgan fingerprint density at radius 1 is 1.25 bits per heavy atom. The molecule has 1 heterocycles. The number of hydrogen-bond acceptors (Lipinski definition) is 4. The van der Waals surface area contributed by atoms with Gasteiger partial charge in [0.2, 0.25) is 11.8 Å². The number of ether oxygens (including phenoxy) is 1. The molecule has 0 radical (unpaired) electrons. The third kappa shape index (κ3) is 3.98. The predicted octanol–water partition coefficient (Wildman–Crippen LogP) is 3.08. The standard InChI is InChI=1S/C21H22N2O5/c1-3-28-18-7-5-4-6-17(18)23-12-14(11-19(23)24)20(25)22-15-8-9-16(21(26)27)13(2)10-15/h4-10,14H,3,11-12H2,1-2H3,(H,22,25)(H,26,27). The average molecular weight is 382 g/mol. The lowest BCUT2D eigenvalue weighted by Gasteiger charge is -2.20. The summed E-state index contributed by atoms with van der Waals surface area (Å²) in [7, 11) is 0. The molecule has 1 aliphatic heterocycles. The van der Waals surface area contributed by atoms with E-state index in [1.165, 1.54) is 6.07 Å². The van der Waals surface area contributed by atoms with Crippen LogP contribution in [0.3, 0.4) is 0 Å². The Morgan fingerprint density at radius 3 is 2.68 bits per heavy atom. The van der Waals surface area contributed by atoms with Crippen LogP contribution in [0.15, 0.2) is 42.5 Å². The molecule has 2 aromatic carbocycles. The molecular weight excluding hydrogens is 360 g/mol. The van der Waals surface area contributed by atoms with E-state index < -0.39 is 11.9 Å². The van der Waals surface area contributed by atoms with Crippen molar-refractivity contribution in [3.8, 4) is 5.75 Å². The van der Waals surface area contributed by atoms with Crippen LogP contribution < -0.4 is 15.0 Å². The van der Waals surface area contributed by atoms with Gasteiger partial charge in [-0.3, -0.25) is 9.59 Å². The lowest BCUT2D eigenvalue weighted by molar-refractivity contribution is -0.122. The quantitative estimate of drug-likeness (QED) is 0.800. The molecular formula is C21H22N2O5. The number of anilines is 2. The summed E-state index contributed by atoms with van der Waals surface area (Å²) in [6, 6.07) is 11.9. The lowest BCUT2D eigenvalue weighted by atomic mass is 10.1. The summed E-state index contributed by atoms with van der Waals surface area (Å²) in [6.45, 7) is 4.29. The van der Waals surface area contributed by atoms with Gasteiger partial charge < -0.3 is 20.1 Å². The van der Waals surface area contributed by atoms with Crippen LogP contribution in [0.2, 0.25) is 0 Å². The zero-order valence-corrected chi connectivity index (χ0v) is 15.8. The highest BCUT2D eigenvalue weighted by molar-refractivity contribution is 6.04. The second-order valence-electron chi connectivity index (χ2n) is 6.63. The Hall–Kier alpha value is -3.35. The van der Waals surface area contributed by atoms with Crippen molar-refractivity contribution >= 4 is 29.2 Å². The van der Waals surface area contributed by atoms with E-state index in [1.807, 2.05) is 19.1 Å². The molecule has 2 N–H and O–H groups in total. The SMILES string of the molecule is CCOc1ccccc1N1CC(C(=O)Nc2ccc(C(=O)O)c(C)c2)CC1=O. The first-order valence-electron chi connectivity index (χ1n) is 9.07. The number of aromatic carboxylic acids is 1. The van der Waals surface area contributed by atoms with Gasteiger partial charge in [0.15, 0.2) is 0 Å². The summed E-state index contributed by atoms with van der Waals surface area (Å²) in [6.07, 6.45) is 0.110. The van der Waals surface area contributed by atoms with E-state index >= 15 is 0 Å². The first kappa shape index (κ1) is 19.4. The van der Waals surface area contributed by atoms with Gasteiger partial charge in [0.1, 0.15) is 5.75 Å². The van der Waals surface area contributed by atoms with Crippen molar-refractivity contribution < 1.29 is 24.2 Å². The van der Waals surface area contributed by atoms with Crippen molar-refractivity contribution in [3.63, 3.8) is 0 Å². The largest absolute Gasteiger partial charge is 0.492 e. The maximum absolute atomic E-state index is 12.6. The number of amides is 2. The van der Waals surface area contributed by atoms with Crippen LogP contribution in [0.4, 0.5) is 11.4 Å². The highest BCUT2D eigenvalue weighted by Gasteiger charge is 2.36. The summed E-state index contributed by atoms with van der Waals surface area (Å²) < 4.78 is 5.59. The number of nitrogens with one attached hydrogen (secondary N) is 1. The smallest absolute Gasteiger partial charge is 0.335 e. The number of aryl methyl sites for hydroxylation is 1. The van der Waals surface area contributed by atoms with Crippen LogP contribution in [0.5, 0.6) is 5.75 Å². The molecule has 1 unspecified atom stereocenters. The third-order valence-corrected chi connectivity index (χ3v) is 4.68. The maximum atomic E-state index is 12.6. The number of nitrogens with zero attached hydrogens (tertiary/aromatic N) is 1. The summed E-state index contributed by atoms with van der Waals surface area (Å²) in [5, 5.41) is 11.9. The first-order chi connectivity index (χ1) is 13.4. The fraction of sp³-hybridized carbons (Fsp3) is 0.286. The van der Waals surface area contributed by atoms with Gasteiger partial charge in [0, 0.05) is 18.7 Å². The average Bonchev–Trinajstić information content (AvgIpc) is 3.04. The number of carbonyl (C=O) groups excluding carboxylic acids is 2. The van der Waals surface area contributed by atoms with Crippen LogP contribution in [0.25, 0.3) is 0 Å². The van der Waals surface area contributed by atoms with Crippen LogP contribution >= 0.6 is 0 Å². The van der Waals surface area contributed by atoms with Gasteiger partial charge in [-0.2, -0.15) is 0 Å². The summed E-state index contributed by atoms with van der Waals surface area (Å²) in [5.41, 5.74) is 1.91. The van der Waals surface area contributed by atoms with Crippen LogP contribution in [-0.4, -0.2) is 36.0 Å². The topological polar surface area (TPSA) is 95.9 Å². The molecule has 0 spiro atoms. The lowest BCUT2D eigenvalue weighted by Crippen LogP contribution is -2.28. The van der Waals surface area contributed by atoms with Gasteiger partial charge in [0.25, 0.3) is 0 Å². The molecule has 7 heteroatoms. The molecule has 3 rings (SSSR count). The molecule has 7 nitrogen and oxygen atoms in total. The van der Waals surface area contributed by atoms with E-state index in [-0.39, 0.29) is 30.3 Å². The van der Waals surface area contributed by atoms with Crippen molar-refractivity contribution in [3.05, 3.63) is 53.6 Å². The minimum absolute atomic E-state index is 0.110. The fourth-order valence-electron chi connectivity index (χ4n) is 3.30. The zero-order chi connectivity index (χ0) is 20.3. The predicted molar refractivity (Wildman–Crippen MR) is 105 cm³/mol. The van der Waals surface area contributed by atoms with Gasteiger partial charge in [0.05, 0.1) is 23.8 Å². The second kappa shape index (κ2) is 8.12. The summed E-state index contributed by atoms with van der Waals surface area (Å²) in [4.78, 5) is 37.8. The molecule has 0 aromatic heterocycles. The Morgan fingerprint density at radius 2 is 2.00 bits per heavy atom. The monoisotopic (exact) mass is 382 g/mol. The molecule has 0 aliphatic carbocycles. The zero-order valence-electron chi connectivity index (χ0n) is 15.8. The van der Waals surface area contributed by atoms with Gasteiger partial charge in [-0.1, -0.05) is 12.1 Å². The Labute approximate surface area is 162 Å². The Balaban J connectivity index is 1.72. The van der Waals surface area contributed by atoms with E-state index in [2.05, 4.69) is 5.32 Å². The van der Waals surface area contributed by atoms with E-state index in [0.29, 0.717) is 29.3 Å². The second-order valence-corrected chi connectivity index (χ2v) is 6.63. The Kier molecular flexibility index (Phi) is 5.63. The molecule has 1 atom stereocenters. The van der Waals surface area contributed by atoms with Crippen LogP contribution in [-0.2, 0) is 9.59 Å². The fourth-order valence-corrected chi connectivity index (χ4v) is 3.30. The molecule has 146 valence electrons. The molecule has 28 heavy (non-hydrogen) atoms. The number of rotatable bonds is 6. The van der Waals surface area contributed by atoms with E-state index in [4.69, 9.17) is 9.84 Å². The molecule has 2 amide bonds. The highest BCUT2D eigenvalue weighted by atomic mass is 16.5. The summed E-state index contributed by atoms with van der Waals surface area (Å²) >= 11 is 0. The molecule has 1 fully saturated rings. The van der Waals surface area contributed by atoms with Crippen molar-refractivity contribution in [2.75, 3.05) is 23.4 Å². The van der Waals surface area contributed by atoms with Crippen molar-refractivity contribution in [1.29, 1.82) is 0 Å². The van der Waals surface area contributed by atoms with E-state index in [1.54, 1.807) is 36.1 Å². The normalized spacial score (nSPS) is 16.1. The van der Waals surface area contributed by atoms with Crippen LogP contribution in [0, 0.1) is 12.8 Å². The Bertz CT molecular complexity index is 925. The minimum atomic E-state index is -1.01. The minimum Gasteiger partial charge on any atom is -0.492 e. The highest BCUT2D eigenvalue weighted by Crippen LogP contribution is 2.33. The summed E-state index contributed by atoms with van der Waals surface area (Å²) in [5.74, 6) is -1.31. The molecule has 1 saturated heterocycles. The van der Waals surface area contributed by atoms with E-state index in [0.717, 1.165) is 0 Å². The number of carboxylic acids is 1.